The lowest BCUT2D eigenvalue weighted by Crippen LogP contribution is -2.54. The van der Waals surface area contributed by atoms with Crippen LogP contribution in [0.2, 0.25) is 0 Å². The van der Waals surface area contributed by atoms with E-state index in [-0.39, 0.29) is 5.75 Å². The lowest BCUT2D eigenvalue weighted by atomic mass is 9.84. The van der Waals surface area contributed by atoms with Gasteiger partial charge in [-0.05, 0) is 35.9 Å². The van der Waals surface area contributed by atoms with E-state index in [0.717, 1.165) is 30.7 Å². The number of benzene rings is 2. The number of nitrogens with two attached hydrogens (primary N) is 1. The van der Waals surface area contributed by atoms with E-state index in [2.05, 4.69) is 20.0 Å². The minimum absolute atomic E-state index is 0.0619. The Hall–Kier alpha value is -4.20. The first-order chi connectivity index (χ1) is 18.8. The number of halogens is 7. The first-order valence-electron chi connectivity index (χ1n) is 11.5. The fourth-order valence-electron chi connectivity index (χ4n) is 3.73. The number of aliphatic imine (C=N–C) groups is 1. The minimum atomic E-state index is -4.52. The van der Waals surface area contributed by atoms with E-state index in [9.17, 15) is 26.7 Å². The quantitative estimate of drug-likeness (QED) is 0.150. The van der Waals surface area contributed by atoms with E-state index in [0.29, 0.717) is 17.2 Å². The standard InChI is InChI=1S/C26H23F7N4O3/c1-35-15-36-13-24(40-23(38)11-34,20-8-5-18(27)10-21(20)28)26(32,33)22-9-4-17(12-37-22)16-2-6-19(7-3-16)39-14-25(29,30)31/h2-10,12,15H,11,13-14,34H2,1H3,(H,35,36). The predicted molar refractivity (Wildman–Crippen MR) is 131 cm³/mol. The van der Waals surface area contributed by atoms with Gasteiger partial charge in [-0.25, -0.2) is 8.78 Å². The molecule has 214 valence electrons. The largest absolute Gasteiger partial charge is 0.484 e. The number of rotatable bonds is 11. The highest BCUT2D eigenvalue weighted by Gasteiger charge is 2.61. The molecule has 3 N–H and O–H groups in total. The lowest BCUT2D eigenvalue weighted by Gasteiger charge is -2.39. The van der Waals surface area contributed by atoms with Gasteiger partial charge < -0.3 is 20.5 Å². The summed E-state index contributed by atoms with van der Waals surface area (Å²) in [4.78, 5) is 19.7. The molecule has 40 heavy (non-hydrogen) atoms. The second-order valence-corrected chi connectivity index (χ2v) is 8.33. The second-order valence-electron chi connectivity index (χ2n) is 8.33. The first kappa shape index (κ1) is 30.3. The van der Waals surface area contributed by atoms with Gasteiger partial charge in [0, 0.05) is 30.4 Å². The van der Waals surface area contributed by atoms with Crippen molar-refractivity contribution in [3.8, 4) is 16.9 Å². The predicted octanol–water partition coefficient (Wildman–Crippen LogP) is 4.70. The number of nitrogens with zero attached hydrogens (tertiary/aromatic N) is 2. The zero-order chi connectivity index (χ0) is 29.6. The van der Waals surface area contributed by atoms with Crippen molar-refractivity contribution in [1.82, 2.24) is 10.3 Å². The third-order valence-electron chi connectivity index (χ3n) is 5.57. The van der Waals surface area contributed by atoms with E-state index in [1.165, 1.54) is 37.4 Å². The summed E-state index contributed by atoms with van der Waals surface area (Å²) in [6, 6.07) is 9.28. The zero-order valence-electron chi connectivity index (χ0n) is 20.8. The molecule has 14 heteroatoms. The molecule has 7 nitrogen and oxygen atoms in total. The van der Waals surface area contributed by atoms with Crippen LogP contribution in [0.4, 0.5) is 30.7 Å². The second kappa shape index (κ2) is 12.3. The number of aromatic nitrogens is 1. The molecule has 2 aromatic carbocycles. The van der Waals surface area contributed by atoms with Crippen molar-refractivity contribution in [3.05, 3.63) is 83.7 Å². The number of pyridine rings is 1. The molecule has 1 aromatic heterocycles. The van der Waals surface area contributed by atoms with Crippen molar-refractivity contribution >= 4 is 12.3 Å². The van der Waals surface area contributed by atoms with Gasteiger partial charge in [0.2, 0.25) is 5.60 Å². The Kier molecular flexibility index (Phi) is 9.35. The molecular weight excluding hydrogens is 549 g/mol. The van der Waals surface area contributed by atoms with Crippen LogP contribution in [0, 0.1) is 11.6 Å². The van der Waals surface area contributed by atoms with Crippen molar-refractivity contribution in [2.24, 2.45) is 10.7 Å². The van der Waals surface area contributed by atoms with Crippen LogP contribution >= 0.6 is 0 Å². The zero-order valence-corrected chi connectivity index (χ0v) is 20.8. The minimum Gasteiger partial charge on any atom is -0.484 e. The summed E-state index contributed by atoms with van der Waals surface area (Å²) in [5, 5.41) is 2.42. The average molecular weight is 572 g/mol. The SMILES string of the molecule is CN=CNCC(OC(=O)CN)(c1ccc(F)cc1F)C(F)(F)c1ccc(-c2ccc(OCC(F)(F)F)cc2)cn1. The number of esters is 1. The molecule has 0 aliphatic carbocycles. The molecule has 0 fully saturated rings. The Labute approximate surface area is 223 Å². The van der Waals surface area contributed by atoms with Crippen molar-refractivity contribution in [2.45, 2.75) is 17.7 Å². The molecule has 0 aliphatic rings. The van der Waals surface area contributed by atoms with E-state index < -0.39 is 66.3 Å². The van der Waals surface area contributed by atoms with Gasteiger partial charge in [-0.15, -0.1) is 0 Å². The molecule has 1 heterocycles. The topological polar surface area (TPSA) is 98.8 Å². The maximum Gasteiger partial charge on any atom is 0.422 e. The van der Waals surface area contributed by atoms with Crippen molar-refractivity contribution in [3.63, 3.8) is 0 Å². The number of hydrogen-bond donors (Lipinski definition) is 2. The van der Waals surface area contributed by atoms with Gasteiger partial charge in [0.05, 0.1) is 19.4 Å². The number of carbonyl (C=O) groups is 1. The maximum absolute atomic E-state index is 16.3. The Bertz CT molecular complexity index is 1330. The third-order valence-corrected chi connectivity index (χ3v) is 5.57. The van der Waals surface area contributed by atoms with E-state index >= 15 is 8.78 Å². The van der Waals surface area contributed by atoms with Crippen LogP contribution in [-0.4, -0.2) is 50.2 Å². The molecule has 0 saturated carbocycles. The maximum atomic E-state index is 16.3. The van der Waals surface area contributed by atoms with Crippen LogP contribution in [-0.2, 0) is 21.1 Å². The number of ether oxygens (including phenoxy) is 2. The summed E-state index contributed by atoms with van der Waals surface area (Å²) in [5.41, 5.74) is 1.13. The molecule has 3 rings (SSSR count). The van der Waals surface area contributed by atoms with Crippen molar-refractivity contribution < 1.29 is 45.0 Å². The van der Waals surface area contributed by atoms with Gasteiger partial charge in [0.1, 0.15) is 23.1 Å². The Morgan fingerprint density at radius 1 is 1.02 bits per heavy atom. The number of hydrogen-bond acceptors (Lipinski definition) is 6. The summed E-state index contributed by atoms with van der Waals surface area (Å²) < 4.78 is 108. The molecule has 0 amide bonds. The van der Waals surface area contributed by atoms with Crippen molar-refractivity contribution in [1.29, 1.82) is 0 Å². The summed E-state index contributed by atoms with van der Waals surface area (Å²) in [6.45, 7) is -3.21. The van der Waals surface area contributed by atoms with E-state index in [1.54, 1.807) is 0 Å². The fraction of sp³-hybridized carbons (Fsp3) is 0.269. The Balaban J connectivity index is 2.03. The summed E-state index contributed by atoms with van der Waals surface area (Å²) >= 11 is 0. The third kappa shape index (κ3) is 6.86. The first-order valence-corrected chi connectivity index (χ1v) is 11.5. The van der Waals surface area contributed by atoms with Crippen LogP contribution in [0.15, 0.2) is 65.8 Å². The fourth-order valence-corrected chi connectivity index (χ4v) is 3.73. The van der Waals surface area contributed by atoms with Crippen LogP contribution in [0.3, 0.4) is 0 Å². The van der Waals surface area contributed by atoms with Gasteiger partial charge >= 0.3 is 18.1 Å². The van der Waals surface area contributed by atoms with Gasteiger partial charge in [0.25, 0.3) is 0 Å². The molecule has 0 bridgehead atoms. The van der Waals surface area contributed by atoms with Crippen molar-refractivity contribution in [2.75, 3.05) is 26.7 Å². The normalized spacial score (nSPS) is 13.6. The Morgan fingerprint density at radius 3 is 2.25 bits per heavy atom. The van der Waals surface area contributed by atoms with Crippen LogP contribution < -0.4 is 15.8 Å². The number of alkyl halides is 5. The number of nitrogens with one attached hydrogen (secondary N) is 1. The van der Waals surface area contributed by atoms with Gasteiger partial charge in [-0.1, -0.05) is 18.2 Å². The summed E-state index contributed by atoms with van der Waals surface area (Å²) in [5.74, 6) is -8.05. The molecule has 0 spiro atoms. The molecule has 0 radical (unpaired) electrons. The lowest BCUT2D eigenvalue weighted by molar-refractivity contribution is -0.222. The summed E-state index contributed by atoms with van der Waals surface area (Å²) in [7, 11) is 1.33. The van der Waals surface area contributed by atoms with Crippen LogP contribution in [0.1, 0.15) is 11.3 Å². The summed E-state index contributed by atoms with van der Waals surface area (Å²) in [6.07, 6.45) is -2.46. The average Bonchev–Trinajstić information content (AvgIpc) is 2.91. The highest BCUT2D eigenvalue weighted by atomic mass is 19.4. The Morgan fingerprint density at radius 2 is 1.70 bits per heavy atom. The monoisotopic (exact) mass is 572 g/mol. The molecule has 3 aromatic rings. The van der Waals surface area contributed by atoms with Gasteiger partial charge in [0.15, 0.2) is 6.61 Å². The van der Waals surface area contributed by atoms with E-state index in [1.807, 2.05) is 0 Å². The molecular formula is C26H23F7N4O3. The smallest absolute Gasteiger partial charge is 0.422 e. The molecule has 0 saturated heterocycles. The molecule has 1 atom stereocenters. The van der Waals surface area contributed by atoms with Gasteiger partial charge in [-0.3, -0.25) is 14.8 Å². The van der Waals surface area contributed by atoms with Crippen LogP contribution in [0.5, 0.6) is 5.75 Å². The molecule has 1 unspecified atom stereocenters. The highest BCUT2D eigenvalue weighted by molar-refractivity contribution is 5.72. The number of carbonyl (C=O) groups excluding carboxylic acids is 1. The van der Waals surface area contributed by atoms with Crippen LogP contribution in [0.25, 0.3) is 11.1 Å². The highest BCUT2D eigenvalue weighted by Crippen LogP contribution is 2.48. The molecule has 0 aliphatic heterocycles. The van der Waals surface area contributed by atoms with E-state index in [4.69, 9.17) is 10.5 Å². The van der Waals surface area contributed by atoms with Gasteiger partial charge in [-0.2, -0.15) is 22.0 Å².